The number of hydrogen-bond donors (Lipinski definition) is 3. The molecule has 1 saturated carbocycles. The van der Waals surface area contributed by atoms with Crippen LogP contribution in [-0.4, -0.2) is 93.3 Å². The maximum atomic E-state index is 14.7. The summed E-state index contributed by atoms with van der Waals surface area (Å²) in [7, 11) is 0. The van der Waals surface area contributed by atoms with E-state index in [0.717, 1.165) is 59.1 Å². The molecule has 1 aliphatic heterocycles. The standard InChI is InChI=1S/C45H55ClFN9O5S/c1-3-6-31(2)56-29-32-27-33(11-12-36(32)43(56)58)51-41(57)15-18-48-19-22-59-24-25-60-23-21-55-30-39(53-54-55)45(28-34-7-4-10-40(50-34)52-44-49-20-26-62-44)16-13-35(14-17-45)61-38-9-5-8-37(46)42(38)47/h4-5,7-12,20,26-27,30-31,35,48H,3,6,13-19,21-25,28-29H2,1-2H3,(H,51,57)(H,49,50,52). The molecule has 17 heteroatoms. The van der Waals surface area contributed by atoms with E-state index in [-0.39, 0.29) is 40.1 Å². The third-order valence-corrected chi connectivity index (χ3v) is 12.4. The van der Waals surface area contributed by atoms with Gasteiger partial charge >= 0.3 is 0 Å². The number of thiazole rings is 1. The Kier molecular flexibility index (Phi) is 15.9. The van der Waals surface area contributed by atoms with Gasteiger partial charge in [0.15, 0.2) is 16.7 Å². The van der Waals surface area contributed by atoms with Crippen LogP contribution in [0.3, 0.4) is 0 Å². The number of amides is 2. The molecular weight excluding hydrogens is 833 g/mol. The molecule has 0 bridgehead atoms. The Labute approximate surface area is 370 Å². The van der Waals surface area contributed by atoms with E-state index in [2.05, 4.69) is 45.1 Å². The first kappa shape index (κ1) is 45.0. The topological polar surface area (TPSA) is 158 Å². The predicted molar refractivity (Wildman–Crippen MR) is 238 cm³/mol. The van der Waals surface area contributed by atoms with Gasteiger partial charge in [-0.1, -0.05) is 42.3 Å². The highest BCUT2D eigenvalue weighted by molar-refractivity contribution is 7.13. The van der Waals surface area contributed by atoms with E-state index in [4.69, 9.17) is 30.8 Å². The van der Waals surface area contributed by atoms with E-state index in [9.17, 15) is 14.0 Å². The van der Waals surface area contributed by atoms with Crippen LogP contribution in [0.25, 0.3) is 0 Å². The predicted octanol–water partition coefficient (Wildman–Crippen LogP) is 7.96. The van der Waals surface area contributed by atoms with Crippen LogP contribution >= 0.6 is 22.9 Å². The summed E-state index contributed by atoms with van der Waals surface area (Å²) in [6.07, 6.45) is 9.42. The second-order valence-electron chi connectivity index (χ2n) is 15.9. The fourth-order valence-corrected chi connectivity index (χ4v) is 8.81. The molecule has 5 aromatic rings. The van der Waals surface area contributed by atoms with E-state index < -0.39 is 5.82 Å². The summed E-state index contributed by atoms with van der Waals surface area (Å²) in [5, 5.41) is 21.4. The van der Waals surface area contributed by atoms with E-state index >= 15 is 0 Å². The minimum absolute atomic E-state index is 0.0406. The number of aromatic nitrogens is 5. The van der Waals surface area contributed by atoms with E-state index in [1.165, 1.54) is 17.4 Å². The first-order valence-corrected chi connectivity index (χ1v) is 22.7. The lowest BCUT2D eigenvalue weighted by molar-refractivity contribution is -0.116. The summed E-state index contributed by atoms with van der Waals surface area (Å²) in [6, 6.07) is 16.5. The largest absolute Gasteiger partial charge is 0.487 e. The van der Waals surface area contributed by atoms with Crippen LogP contribution in [0.1, 0.15) is 86.1 Å². The van der Waals surface area contributed by atoms with Gasteiger partial charge in [-0.25, -0.2) is 19.0 Å². The van der Waals surface area contributed by atoms with E-state index in [0.29, 0.717) is 84.0 Å². The second-order valence-corrected chi connectivity index (χ2v) is 17.2. The zero-order chi connectivity index (χ0) is 43.3. The SMILES string of the molecule is CCCC(C)N1Cc2cc(NC(=O)CCNCCOCCOCCn3cc(C4(Cc5cccc(Nc6nccs6)n5)CCC(Oc5cccc(Cl)c5F)CC4)nn3)ccc2C1=O. The van der Waals surface area contributed by atoms with Gasteiger partial charge in [0.2, 0.25) is 5.91 Å². The minimum Gasteiger partial charge on any atom is -0.487 e. The maximum Gasteiger partial charge on any atom is 0.254 e. The Hall–Kier alpha value is -5.00. The number of carbonyl (C=O) groups excluding carboxylic acids is 2. The van der Waals surface area contributed by atoms with Crippen molar-refractivity contribution in [1.82, 2.24) is 35.2 Å². The first-order valence-electron chi connectivity index (χ1n) is 21.4. The van der Waals surface area contributed by atoms with Crippen LogP contribution in [0.4, 0.5) is 21.0 Å². The lowest BCUT2D eigenvalue weighted by atomic mass is 9.68. The monoisotopic (exact) mass is 887 g/mol. The van der Waals surface area contributed by atoms with Gasteiger partial charge in [0.05, 0.1) is 49.8 Å². The van der Waals surface area contributed by atoms with Gasteiger partial charge in [0.1, 0.15) is 5.82 Å². The number of anilines is 3. The molecule has 14 nitrogen and oxygen atoms in total. The number of nitrogens with one attached hydrogen (secondary N) is 3. The van der Waals surface area contributed by atoms with Crippen molar-refractivity contribution in [2.24, 2.45) is 0 Å². The summed E-state index contributed by atoms with van der Waals surface area (Å²) < 4.78 is 34.2. The molecule has 7 rings (SSSR count). The molecule has 3 aromatic heterocycles. The van der Waals surface area contributed by atoms with Gasteiger partial charge in [-0.15, -0.1) is 16.4 Å². The number of nitrogens with zero attached hydrogens (tertiary/aromatic N) is 6. The van der Waals surface area contributed by atoms with Crippen LogP contribution < -0.4 is 20.7 Å². The van der Waals surface area contributed by atoms with Crippen molar-refractivity contribution >= 4 is 51.4 Å². The minimum atomic E-state index is -0.542. The van der Waals surface area contributed by atoms with Crippen molar-refractivity contribution in [3.63, 3.8) is 0 Å². The molecule has 1 aliphatic carbocycles. The normalized spacial score (nSPS) is 17.8. The van der Waals surface area contributed by atoms with Gasteiger partial charge in [-0.2, -0.15) is 0 Å². The molecule has 0 spiro atoms. The average Bonchev–Trinajstić information content (AvgIpc) is 4.04. The summed E-state index contributed by atoms with van der Waals surface area (Å²) in [5.41, 5.74) is 3.82. The molecule has 4 heterocycles. The molecule has 2 amide bonds. The van der Waals surface area contributed by atoms with Gasteiger partial charge in [0.25, 0.3) is 5.91 Å². The highest BCUT2D eigenvalue weighted by atomic mass is 35.5. The number of ether oxygens (including phenoxy) is 3. The van der Waals surface area contributed by atoms with Crippen molar-refractivity contribution in [2.75, 3.05) is 50.2 Å². The lowest BCUT2D eigenvalue weighted by Crippen LogP contribution is -2.38. The van der Waals surface area contributed by atoms with Crippen molar-refractivity contribution in [3.05, 3.63) is 106 Å². The maximum absolute atomic E-state index is 14.7. The Morgan fingerprint density at radius 1 is 1.06 bits per heavy atom. The summed E-state index contributed by atoms with van der Waals surface area (Å²) >= 11 is 7.53. The molecule has 0 saturated heterocycles. The number of hydrogen-bond acceptors (Lipinski definition) is 12. The molecular formula is C45H55ClFN9O5S. The Balaban J connectivity index is 0.813. The number of pyridine rings is 1. The lowest BCUT2D eigenvalue weighted by Gasteiger charge is -2.38. The van der Waals surface area contributed by atoms with Gasteiger partial charge in [0, 0.05) is 78.7 Å². The molecule has 2 aromatic carbocycles. The van der Waals surface area contributed by atoms with E-state index in [1.807, 2.05) is 51.5 Å². The van der Waals surface area contributed by atoms with Crippen molar-refractivity contribution in [2.45, 2.75) is 95.9 Å². The fraction of sp³-hybridized carbons (Fsp3) is 0.467. The van der Waals surface area contributed by atoms with Crippen molar-refractivity contribution in [1.29, 1.82) is 0 Å². The smallest absolute Gasteiger partial charge is 0.254 e. The van der Waals surface area contributed by atoms with Gasteiger partial charge in [-0.3, -0.25) is 9.59 Å². The molecule has 0 radical (unpaired) electrons. The van der Waals surface area contributed by atoms with Gasteiger partial charge < -0.3 is 35.1 Å². The number of halogens is 2. The van der Waals surface area contributed by atoms with Crippen LogP contribution in [0.5, 0.6) is 5.75 Å². The van der Waals surface area contributed by atoms with Crippen LogP contribution in [-0.2, 0) is 39.2 Å². The van der Waals surface area contributed by atoms with Crippen LogP contribution in [0, 0.1) is 5.82 Å². The number of fused-ring (bicyclic) bond motifs is 1. The summed E-state index contributed by atoms with van der Waals surface area (Å²) in [4.78, 5) is 36.5. The Morgan fingerprint density at radius 3 is 2.69 bits per heavy atom. The third-order valence-electron chi connectivity index (χ3n) is 11.4. The average molecular weight is 889 g/mol. The molecule has 1 atom stereocenters. The number of benzene rings is 2. The highest BCUT2D eigenvalue weighted by Crippen LogP contribution is 2.43. The Bertz CT molecular complexity index is 2240. The molecule has 3 N–H and O–H groups in total. The van der Waals surface area contributed by atoms with Crippen molar-refractivity contribution in [3.8, 4) is 5.75 Å². The quantitative estimate of drug-likeness (QED) is 0.0547. The highest BCUT2D eigenvalue weighted by Gasteiger charge is 2.41. The van der Waals surface area contributed by atoms with Crippen LogP contribution in [0.2, 0.25) is 5.02 Å². The number of carbonyl (C=O) groups is 2. The zero-order valence-electron chi connectivity index (χ0n) is 35.3. The molecule has 1 unspecified atom stereocenters. The van der Waals surface area contributed by atoms with Crippen LogP contribution in [0.15, 0.2) is 72.4 Å². The summed E-state index contributed by atoms with van der Waals surface area (Å²) in [5.74, 6) is 0.322. The van der Waals surface area contributed by atoms with Crippen molar-refractivity contribution < 1.29 is 28.2 Å². The third kappa shape index (κ3) is 11.9. The molecule has 330 valence electrons. The molecule has 2 aliphatic rings. The first-order chi connectivity index (χ1) is 30.2. The summed E-state index contributed by atoms with van der Waals surface area (Å²) in [6.45, 7) is 8.24. The fourth-order valence-electron chi connectivity index (χ4n) is 8.10. The van der Waals surface area contributed by atoms with E-state index in [1.54, 1.807) is 24.4 Å². The number of rotatable bonds is 23. The zero-order valence-corrected chi connectivity index (χ0v) is 36.9. The second kappa shape index (κ2) is 21.9. The van der Waals surface area contributed by atoms with Gasteiger partial charge in [-0.05, 0) is 87.1 Å². The molecule has 62 heavy (non-hydrogen) atoms. The Morgan fingerprint density at radius 2 is 1.89 bits per heavy atom. The molecule has 1 fully saturated rings.